The molecule has 0 saturated carbocycles. The Labute approximate surface area is 143 Å². The van der Waals surface area contributed by atoms with E-state index in [1.54, 1.807) is 25.8 Å². The minimum absolute atomic E-state index is 0. The number of esters is 1. The molecule has 1 unspecified atom stereocenters. The van der Waals surface area contributed by atoms with Crippen molar-refractivity contribution in [1.29, 1.82) is 0 Å². The normalized spacial score (nSPS) is 16.3. The number of likely N-dealkylation sites (tertiary alicyclic amines) is 1. The van der Waals surface area contributed by atoms with Gasteiger partial charge in [0.05, 0.1) is 19.1 Å². The molecule has 0 aromatic rings. The maximum Gasteiger partial charge on any atom is 0.309 e. The van der Waals surface area contributed by atoms with Crippen LogP contribution in [0.4, 0.5) is 0 Å². The van der Waals surface area contributed by atoms with Gasteiger partial charge in [0.1, 0.15) is 0 Å². The van der Waals surface area contributed by atoms with E-state index in [0.29, 0.717) is 32.5 Å². The van der Waals surface area contributed by atoms with E-state index < -0.39 is 0 Å². The third-order valence-electron chi connectivity index (χ3n) is 3.76. The molecule has 1 saturated heterocycles. The number of ether oxygens (including phenoxy) is 1. The van der Waals surface area contributed by atoms with Crippen LogP contribution in [-0.4, -0.2) is 66.9 Å². The molecule has 1 fully saturated rings. The van der Waals surface area contributed by atoms with Crippen molar-refractivity contribution in [3.05, 3.63) is 0 Å². The number of rotatable bonds is 6. The highest BCUT2D eigenvalue weighted by atomic mass is 35.5. The molecular formula is C15H28ClN3O4. The predicted molar refractivity (Wildman–Crippen MR) is 89.1 cm³/mol. The lowest BCUT2D eigenvalue weighted by Crippen LogP contribution is -2.46. The maximum atomic E-state index is 12.2. The molecule has 0 radical (unpaired) electrons. The fourth-order valence-electron chi connectivity index (χ4n) is 2.45. The van der Waals surface area contributed by atoms with E-state index in [1.807, 2.05) is 0 Å². The topological polar surface area (TPSA) is 92.9 Å². The Bertz CT molecular complexity index is 410. The summed E-state index contributed by atoms with van der Waals surface area (Å²) < 4.78 is 5.00. The summed E-state index contributed by atoms with van der Waals surface area (Å²) in [6.45, 7) is 5.02. The Balaban J connectivity index is 0.00000484. The Morgan fingerprint density at radius 3 is 2.35 bits per heavy atom. The standard InChI is InChI=1S/C15H27N3O4.ClH/c1-4-22-15(21)12-5-7-18(8-6-12)14(20)10-17(3)13(19)9-11(2)16;/h11-12H,4-10,16H2,1-3H3;1H. The summed E-state index contributed by atoms with van der Waals surface area (Å²) in [5, 5.41) is 0. The van der Waals surface area contributed by atoms with Crippen LogP contribution in [0.15, 0.2) is 0 Å². The van der Waals surface area contributed by atoms with E-state index >= 15 is 0 Å². The van der Waals surface area contributed by atoms with Gasteiger partial charge in [-0.25, -0.2) is 0 Å². The SMILES string of the molecule is CCOC(=O)C1CCN(C(=O)CN(C)C(=O)CC(C)N)CC1.Cl. The number of likely N-dealkylation sites (N-methyl/N-ethyl adjacent to an activating group) is 1. The number of nitrogens with two attached hydrogens (primary N) is 1. The summed E-state index contributed by atoms with van der Waals surface area (Å²) in [4.78, 5) is 38.7. The highest BCUT2D eigenvalue weighted by Crippen LogP contribution is 2.18. The molecule has 0 bridgehead atoms. The number of carbonyl (C=O) groups is 3. The van der Waals surface area contributed by atoms with E-state index in [9.17, 15) is 14.4 Å². The van der Waals surface area contributed by atoms with Gasteiger partial charge < -0.3 is 20.3 Å². The van der Waals surface area contributed by atoms with Gasteiger partial charge in [-0.1, -0.05) is 0 Å². The van der Waals surface area contributed by atoms with Gasteiger partial charge in [0, 0.05) is 32.6 Å². The van der Waals surface area contributed by atoms with Crippen molar-refractivity contribution in [2.45, 2.75) is 39.2 Å². The first-order chi connectivity index (χ1) is 10.3. The third-order valence-corrected chi connectivity index (χ3v) is 3.76. The number of amides is 2. The summed E-state index contributed by atoms with van der Waals surface area (Å²) >= 11 is 0. The van der Waals surface area contributed by atoms with Crippen LogP contribution >= 0.6 is 12.4 Å². The van der Waals surface area contributed by atoms with Gasteiger partial charge in [0.2, 0.25) is 11.8 Å². The first-order valence-electron chi connectivity index (χ1n) is 7.79. The molecule has 134 valence electrons. The van der Waals surface area contributed by atoms with E-state index in [2.05, 4.69) is 0 Å². The van der Waals surface area contributed by atoms with Crippen LogP contribution in [0.1, 0.15) is 33.1 Å². The Hall–Kier alpha value is -1.34. The second-order valence-electron chi connectivity index (χ2n) is 5.84. The van der Waals surface area contributed by atoms with Gasteiger partial charge in [-0.3, -0.25) is 14.4 Å². The molecule has 0 aromatic carbocycles. The summed E-state index contributed by atoms with van der Waals surface area (Å²) in [6, 6.07) is -0.217. The van der Waals surface area contributed by atoms with E-state index in [1.165, 1.54) is 4.90 Å². The Morgan fingerprint density at radius 2 is 1.87 bits per heavy atom. The maximum absolute atomic E-state index is 12.2. The van der Waals surface area contributed by atoms with Crippen LogP contribution in [0.2, 0.25) is 0 Å². The minimum Gasteiger partial charge on any atom is -0.466 e. The molecule has 8 heteroatoms. The lowest BCUT2D eigenvalue weighted by Gasteiger charge is -2.32. The fraction of sp³-hybridized carbons (Fsp3) is 0.800. The van der Waals surface area contributed by atoms with Gasteiger partial charge >= 0.3 is 5.97 Å². The van der Waals surface area contributed by atoms with Gasteiger partial charge in [0.15, 0.2) is 0 Å². The largest absolute Gasteiger partial charge is 0.466 e. The molecule has 2 amide bonds. The van der Waals surface area contributed by atoms with Crippen molar-refractivity contribution < 1.29 is 19.1 Å². The number of nitrogens with zero attached hydrogens (tertiary/aromatic N) is 2. The molecule has 1 heterocycles. The quantitative estimate of drug-likeness (QED) is 0.701. The van der Waals surface area contributed by atoms with E-state index in [-0.39, 0.29) is 55.1 Å². The average molecular weight is 350 g/mol. The van der Waals surface area contributed by atoms with Crippen molar-refractivity contribution in [1.82, 2.24) is 9.80 Å². The van der Waals surface area contributed by atoms with Crippen LogP contribution in [-0.2, 0) is 19.1 Å². The van der Waals surface area contributed by atoms with Crippen LogP contribution in [0.3, 0.4) is 0 Å². The smallest absolute Gasteiger partial charge is 0.309 e. The number of carbonyl (C=O) groups excluding carboxylic acids is 3. The molecule has 0 aromatic heterocycles. The first-order valence-corrected chi connectivity index (χ1v) is 7.79. The first kappa shape index (κ1) is 21.7. The second-order valence-corrected chi connectivity index (χ2v) is 5.84. The van der Waals surface area contributed by atoms with Crippen LogP contribution in [0.25, 0.3) is 0 Å². The molecule has 7 nitrogen and oxygen atoms in total. The van der Waals surface area contributed by atoms with Crippen LogP contribution in [0.5, 0.6) is 0 Å². The lowest BCUT2D eigenvalue weighted by molar-refractivity contribution is -0.151. The fourth-order valence-corrected chi connectivity index (χ4v) is 2.45. The number of halogens is 1. The number of hydrogen-bond acceptors (Lipinski definition) is 5. The Kier molecular flexibility index (Phi) is 9.83. The second kappa shape index (κ2) is 10.4. The minimum atomic E-state index is -0.217. The van der Waals surface area contributed by atoms with Gasteiger partial charge in [-0.05, 0) is 26.7 Å². The summed E-state index contributed by atoms with van der Waals surface area (Å²) in [6.07, 6.45) is 1.46. The highest BCUT2D eigenvalue weighted by Gasteiger charge is 2.28. The molecule has 1 atom stereocenters. The molecule has 0 spiro atoms. The van der Waals surface area contributed by atoms with E-state index in [0.717, 1.165) is 0 Å². The van der Waals surface area contributed by atoms with E-state index in [4.69, 9.17) is 10.5 Å². The number of piperidine rings is 1. The molecule has 2 N–H and O–H groups in total. The summed E-state index contributed by atoms with van der Waals surface area (Å²) in [7, 11) is 1.61. The third kappa shape index (κ3) is 7.18. The molecule has 1 rings (SSSR count). The van der Waals surface area contributed by atoms with Gasteiger partial charge in [-0.2, -0.15) is 0 Å². The van der Waals surface area contributed by atoms with Crippen LogP contribution < -0.4 is 5.73 Å². The predicted octanol–water partition coefficient (Wildman–Crippen LogP) is 0.406. The van der Waals surface area contributed by atoms with Crippen molar-refractivity contribution in [2.75, 3.05) is 33.3 Å². The summed E-state index contributed by atoms with van der Waals surface area (Å²) in [5.41, 5.74) is 5.59. The zero-order valence-electron chi connectivity index (χ0n) is 14.1. The van der Waals surface area contributed by atoms with Crippen molar-refractivity contribution in [3.63, 3.8) is 0 Å². The van der Waals surface area contributed by atoms with Crippen molar-refractivity contribution in [2.24, 2.45) is 11.7 Å². The monoisotopic (exact) mass is 349 g/mol. The molecule has 1 aliphatic heterocycles. The highest BCUT2D eigenvalue weighted by molar-refractivity contribution is 5.85. The van der Waals surface area contributed by atoms with Crippen molar-refractivity contribution in [3.8, 4) is 0 Å². The zero-order valence-corrected chi connectivity index (χ0v) is 14.9. The molecule has 23 heavy (non-hydrogen) atoms. The zero-order chi connectivity index (χ0) is 16.7. The van der Waals surface area contributed by atoms with Gasteiger partial charge in [-0.15, -0.1) is 12.4 Å². The Morgan fingerprint density at radius 1 is 1.30 bits per heavy atom. The molecule has 1 aliphatic rings. The lowest BCUT2D eigenvalue weighted by atomic mass is 9.97. The van der Waals surface area contributed by atoms with Crippen LogP contribution in [0, 0.1) is 5.92 Å². The summed E-state index contributed by atoms with van der Waals surface area (Å²) in [5.74, 6) is -0.534. The molecular weight excluding hydrogens is 322 g/mol. The average Bonchev–Trinajstić information content (AvgIpc) is 2.46. The van der Waals surface area contributed by atoms with Crippen molar-refractivity contribution >= 4 is 30.2 Å². The van der Waals surface area contributed by atoms with Gasteiger partial charge in [0.25, 0.3) is 0 Å². The number of hydrogen-bond donors (Lipinski definition) is 1. The molecule has 0 aliphatic carbocycles.